The van der Waals surface area contributed by atoms with Gasteiger partial charge >= 0.3 is 0 Å². The molecule has 0 spiro atoms. The molecule has 4 aliphatic rings. The summed E-state index contributed by atoms with van der Waals surface area (Å²) in [6.07, 6.45) is 6.16. The number of methoxy groups -OCH3 is 1. The van der Waals surface area contributed by atoms with Crippen LogP contribution in [0.4, 0.5) is 0 Å². The Hall–Kier alpha value is -2.88. The molecular formula is C30H35N5O3S. The number of aliphatic hydroxyl groups is 1. The molecule has 204 valence electrons. The number of amides is 1. The first kappa shape index (κ1) is 24.0. The van der Waals surface area contributed by atoms with Gasteiger partial charge in [-0.1, -0.05) is 0 Å². The molecule has 39 heavy (non-hydrogen) atoms. The molecule has 3 N–H and O–H groups in total. The van der Waals surface area contributed by atoms with Crippen LogP contribution in [-0.4, -0.2) is 61.9 Å². The van der Waals surface area contributed by atoms with Crippen molar-refractivity contribution in [2.45, 2.75) is 69.2 Å². The molecule has 2 bridgehead atoms. The van der Waals surface area contributed by atoms with E-state index in [1.807, 2.05) is 24.1 Å². The van der Waals surface area contributed by atoms with Crippen LogP contribution in [0.15, 0.2) is 23.6 Å². The van der Waals surface area contributed by atoms with E-state index < -0.39 is 0 Å². The number of aliphatic hydroxyl groups excluding tert-OH is 1. The number of benzene rings is 1. The summed E-state index contributed by atoms with van der Waals surface area (Å²) in [6, 6.07) is 6.30. The van der Waals surface area contributed by atoms with E-state index in [9.17, 15) is 9.90 Å². The molecule has 4 fully saturated rings. The Morgan fingerprint density at radius 3 is 2.67 bits per heavy atom. The fraction of sp³-hybridized carbons (Fsp3) is 0.533. The summed E-state index contributed by atoms with van der Waals surface area (Å²) in [5, 5.41) is 12.3. The summed E-state index contributed by atoms with van der Waals surface area (Å²) in [6.45, 7) is 1.73. The van der Waals surface area contributed by atoms with Gasteiger partial charge in [-0.25, -0.2) is 4.98 Å². The number of hydrogen-bond donors (Lipinski definition) is 2. The zero-order valence-corrected chi connectivity index (χ0v) is 23.3. The molecule has 3 aliphatic carbocycles. The van der Waals surface area contributed by atoms with E-state index in [1.165, 1.54) is 28.6 Å². The highest BCUT2D eigenvalue weighted by Gasteiger charge is 2.47. The van der Waals surface area contributed by atoms with Crippen LogP contribution in [0.2, 0.25) is 0 Å². The van der Waals surface area contributed by atoms with Gasteiger partial charge in [-0.2, -0.15) is 0 Å². The van der Waals surface area contributed by atoms with Gasteiger partial charge in [-0.3, -0.25) is 4.79 Å². The standard InChI is InChI=1S/C30H35N5O3S/c1-33-28-21(9-18(10-24(28)38-2)30(37)35-13-16-5-6-22(35)26(16)31)32-29(33)23-11-25-27(34(23)12-15-3-4-15)20(14-39-25)17-7-19(36)8-17/h9-11,14-17,19,22,26,36H,3-8,12-13,31H2,1-2H3/t16-,17-,19-,22-,26-/m1/s1. The third-order valence-electron chi connectivity index (χ3n) is 9.88. The largest absolute Gasteiger partial charge is 0.494 e. The Balaban J connectivity index is 1.23. The predicted molar refractivity (Wildman–Crippen MR) is 152 cm³/mol. The zero-order chi connectivity index (χ0) is 26.6. The quantitative estimate of drug-likeness (QED) is 0.372. The molecule has 1 aliphatic heterocycles. The van der Waals surface area contributed by atoms with Gasteiger partial charge in [-0.05, 0) is 85.4 Å². The number of aryl methyl sites for hydroxylation is 1. The summed E-state index contributed by atoms with van der Waals surface area (Å²) < 4.78 is 11.7. The molecule has 0 unspecified atom stereocenters. The number of carbonyl (C=O) groups excluding carboxylic acids is 1. The van der Waals surface area contributed by atoms with Crippen molar-refractivity contribution in [1.82, 2.24) is 19.0 Å². The lowest BCUT2D eigenvalue weighted by Crippen LogP contribution is -2.41. The van der Waals surface area contributed by atoms with Crippen LogP contribution in [-0.2, 0) is 13.6 Å². The van der Waals surface area contributed by atoms with Crippen LogP contribution >= 0.6 is 11.3 Å². The number of imidazole rings is 1. The third-order valence-corrected chi connectivity index (χ3v) is 10.8. The number of fused-ring (bicyclic) bond motifs is 4. The highest BCUT2D eigenvalue weighted by atomic mass is 32.1. The molecule has 3 atom stereocenters. The van der Waals surface area contributed by atoms with Gasteiger partial charge in [0.15, 0.2) is 5.82 Å². The molecule has 1 amide bonds. The monoisotopic (exact) mass is 545 g/mol. The van der Waals surface area contributed by atoms with Gasteiger partial charge in [0.05, 0.1) is 34.6 Å². The Labute approximate surface area is 231 Å². The highest BCUT2D eigenvalue weighted by molar-refractivity contribution is 7.17. The Morgan fingerprint density at radius 1 is 1.18 bits per heavy atom. The number of aromatic nitrogens is 3. The smallest absolute Gasteiger partial charge is 0.254 e. The van der Waals surface area contributed by atoms with Gasteiger partial charge in [0.25, 0.3) is 5.91 Å². The molecule has 4 heterocycles. The second kappa shape index (κ2) is 8.56. The highest BCUT2D eigenvalue weighted by Crippen LogP contribution is 2.46. The number of piperidine rings is 1. The van der Waals surface area contributed by atoms with Crippen molar-refractivity contribution in [3.63, 3.8) is 0 Å². The van der Waals surface area contributed by atoms with E-state index in [0.717, 1.165) is 61.3 Å². The second-order valence-corrected chi connectivity index (χ2v) is 13.2. The van der Waals surface area contributed by atoms with Gasteiger partial charge in [0.2, 0.25) is 0 Å². The number of ether oxygens (including phenoxy) is 1. The number of carbonyl (C=O) groups is 1. The van der Waals surface area contributed by atoms with Gasteiger partial charge in [-0.15, -0.1) is 11.3 Å². The summed E-state index contributed by atoms with van der Waals surface area (Å²) in [7, 11) is 3.70. The normalized spacial score (nSPS) is 28.1. The van der Waals surface area contributed by atoms with Crippen LogP contribution < -0.4 is 10.5 Å². The Kier molecular flexibility index (Phi) is 5.26. The lowest BCUT2D eigenvalue weighted by Gasteiger charge is -2.31. The molecule has 4 aromatic rings. The molecule has 9 heteroatoms. The van der Waals surface area contributed by atoms with Crippen molar-refractivity contribution in [2.75, 3.05) is 13.7 Å². The minimum absolute atomic E-state index is 0.0232. The maximum atomic E-state index is 13.6. The van der Waals surface area contributed by atoms with E-state index in [2.05, 4.69) is 20.6 Å². The lowest BCUT2D eigenvalue weighted by atomic mass is 9.78. The molecule has 3 aromatic heterocycles. The van der Waals surface area contributed by atoms with Gasteiger partial charge in [0.1, 0.15) is 11.3 Å². The number of nitrogens with zero attached hydrogens (tertiary/aromatic N) is 4. The Bertz CT molecular complexity index is 1620. The zero-order valence-electron chi connectivity index (χ0n) is 22.5. The summed E-state index contributed by atoms with van der Waals surface area (Å²) in [5.41, 5.74) is 12.5. The fourth-order valence-corrected chi connectivity index (χ4v) is 8.50. The van der Waals surface area contributed by atoms with Crippen molar-refractivity contribution < 1.29 is 14.6 Å². The van der Waals surface area contributed by atoms with E-state index in [4.69, 9.17) is 15.5 Å². The molecule has 3 saturated carbocycles. The van der Waals surface area contributed by atoms with Gasteiger partial charge in [0, 0.05) is 37.8 Å². The first-order valence-corrected chi connectivity index (χ1v) is 15.2. The van der Waals surface area contributed by atoms with E-state index >= 15 is 0 Å². The van der Waals surface area contributed by atoms with Crippen LogP contribution in [0.3, 0.4) is 0 Å². The van der Waals surface area contributed by atoms with E-state index in [1.54, 1.807) is 18.4 Å². The average molecular weight is 546 g/mol. The van der Waals surface area contributed by atoms with Crippen molar-refractivity contribution in [3.05, 3.63) is 34.7 Å². The SMILES string of the molecule is COc1cc(C(=O)N2C[C@H]3CC[C@@H]2[C@@H]3N)cc2nc(-c3cc4scc([C@H]5C[C@H](O)C5)c4n3CC3CC3)n(C)c12. The average Bonchev–Trinajstić information content (AvgIpc) is 3.17. The van der Waals surface area contributed by atoms with Crippen molar-refractivity contribution in [1.29, 1.82) is 0 Å². The molecule has 1 saturated heterocycles. The maximum Gasteiger partial charge on any atom is 0.254 e. The first-order chi connectivity index (χ1) is 18.9. The van der Waals surface area contributed by atoms with Crippen molar-refractivity contribution in [3.8, 4) is 17.3 Å². The fourth-order valence-electron chi connectivity index (χ4n) is 7.43. The Morgan fingerprint density at radius 2 is 2.00 bits per heavy atom. The topological polar surface area (TPSA) is 98.5 Å². The van der Waals surface area contributed by atoms with Crippen LogP contribution in [0.1, 0.15) is 60.4 Å². The number of likely N-dealkylation sites (tertiary alicyclic amines) is 1. The number of hydrogen-bond acceptors (Lipinski definition) is 6. The summed E-state index contributed by atoms with van der Waals surface area (Å²) >= 11 is 1.79. The predicted octanol–water partition coefficient (Wildman–Crippen LogP) is 4.48. The molecular weight excluding hydrogens is 510 g/mol. The minimum atomic E-state index is -0.174. The maximum absolute atomic E-state index is 13.6. The molecule has 1 aromatic carbocycles. The molecule has 0 radical (unpaired) electrons. The van der Waals surface area contributed by atoms with Crippen LogP contribution in [0.5, 0.6) is 5.75 Å². The first-order valence-electron chi connectivity index (χ1n) is 14.3. The second-order valence-electron chi connectivity index (χ2n) is 12.3. The number of thiophene rings is 1. The lowest BCUT2D eigenvalue weighted by molar-refractivity contribution is 0.0700. The number of rotatable bonds is 6. The summed E-state index contributed by atoms with van der Waals surface area (Å²) in [4.78, 5) is 20.7. The number of nitrogens with two attached hydrogens (primary N) is 1. The van der Waals surface area contributed by atoms with Crippen LogP contribution in [0, 0.1) is 11.8 Å². The van der Waals surface area contributed by atoms with Crippen molar-refractivity contribution in [2.24, 2.45) is 24.6 Å². The van der Waals surface area contributed by atoms with Crippen molar-refractivity contribution >= 4 is 38.5 Å². The van der Waals surface area contributed by atoms with Crippen LogP contribution in [0.25, 0.3) is 32.8 Å². The summed E-state index contributed by atoms with van der Waals surface area (Å²) in [5.74, 6) is 3.12. The van der Waals surface area contributed by atoms with E-state index in [0.29, 0.717) is 29.1 Å². The van der Waals surface area contributed by atoms with Gasteiger partial charge < -0.3 is 29.6 Å². The third kappa shape index (κ3) is 3.55. The molecule has 8 nitrogen and oxygen atoms in total. The van der Waals surface area contributed by atoms with E-state index in [-0.39, 0.29) is 24.1 Å². The molecule has 8 rings (SSSR count). The minimum Gasteiger partial charge on any atom is -0.494 e.